The Hall–Kier alpha value is -3.86. The summed E-state index contributed by atoms with van der Waals surface area (Å²) in [6.07, 6.45) is -4.49. The molecule has 0 N–H and O–H groups in total. The normalized spacial score (nSPS) is 13.4. The lowest BCUT2D eigenvalue weighted by Gasteiger charge is -2.18. The van der Waals surface area contributed by atoms with Crippen LogP contribution in [0.4, 0.5) is 18.9 Å². The van der Waals surface area contributed by atoms with Gasteiger partial charge in [-0.2, -0.15) is 13.2 Å². The van der Waals surface area contributed by atoms with Crippen LogP contribution in [0.15, 0.2) is 60.2 Å². The first kappa shape index (κ1) is 19.5. The molecule has 1 aliphatic rings. The second-order valence-electron chi connectivity index (χ2n) is 6.63. The Morgan fingerprint density at radius 3 is 2.27 bits per heavy atom. The van der Waals surface area contributed by atoms with Crippen molar-refractivity contribution in [2.24, 2.45) is 0 Å². The van der Waals surface area contributed by atoms with E-state index in [2.05, 4.69) is 9.83 Å². The molecule has 0 amide bonds. The molecule has 0 atom stereocenters. The van der Waals surface area contributed by atoms with Crippen molar-refractivity contribution in [3.05, 3.63) is 77.4 Å². The Morgan fingerprint density at radius 2 is 1.70 bits per heavy atom. The Bertz CT molecular complexity index is 1200. The van der Waals surface area contributed by atoms with Crippen LogP contribution in [0.5, 0.6) is 5.75 Å². The van der Waals surface area contributed by atoms with Gasteiger partial charge >= 0.3 is 6.18 Å². The highest BCUT2D eigenvalue weighted by Crippen LogP contribution is 2.38. The molecule has 4 rings (SSSR count). The second-order valence-corrected chi connectivity index (χ2v) is 6.63. The number of benzene rings is 2. The van der Waals surface area contributed by atoms with Crippen LogP contribution in [0.3, 0.4) is 0 Å². The van der Waals surface area contributed by atoms with Gasteiger partial charge in [0.1, 0.15) is 11.6 Å². The van der Waals surface area contributed by atoms with Gasteiger partial charge in [0.05, 0.1) is 25.1 Å². The summed E-state index contributed by atoms with van der Waals surface area (Å²) >= 11 is 0. The summed E-state index contributed by atoms with van der Waals surface area (Å²) in [6.45, 7) is 7.08. The molecule has 1 aliphatic heterocycles. The summed E-state index contributed by atoms with van der Waals surface area (Å²) in [7, 11) is 1.52. The molecule has 0 fully saturated rings. The molecule has 0 saturated heterocycles. The van der Waals surface area contributed by atoms with E-state index < -0.39 is 24.1 Å². The summed E-state index contributed by atoms with van der Waals surface area (Å²) in [5.74, 6) is -0.179. The Morgan fingerprint density at radius 1 is 1.07 bits per heavy atom. The third-order valence-electron chi connectivity index (χ3n) is 4.81. The van der Waals surface area contributed by atoms with Crippen LogP contribution >= 0.6 is 0 Å². The van der Waals surface area contributed by atoms with Crippen molar-refractivity contribution < 1.29 is 22.7 Å². The van der Waals surface area contributed by atoms with Gasteiger partial charge in [0.15, 0.2) is 5.69 Å². The average Bonchev–Trinajstić information content (AvgIpc) is 3.13. The topological polar surface area (TPSA) is 48.5 Å². The minimum absolute atomic E-state index is 0.0184. The van der Waals surface area contributed by atoms with Gasteiger partial charge in [-0.3, -0.25) is 9.36 Å². The number of hydrogen-bond donors (Lipinski definition) is 0. The number of fused-ring (bicyclic) bond motifs is 1. The fraction of sp³-hybridized carbons (Fsp3) is 0.136. The predicted molar refractivity (Wildman–Crippen MR) is 104 cm³/mol. The van der Waals surface area contributed by atoms with Gasteiger partial charge in [0, 0.05) is 23.6 Å². The molecule has 8 heteroatoms. The van der Waals surface area contributed by atoms with Crippen LogP contribution in [-0.4, -0.2) is 28.7 Å². The van der Waals surface area contributed by atoms with Gasteiger partial charge in [-0.15, -0.1) is 0 Å². The van der Waals surface area contributed by atoms with Gasteiger partial charge in [-0.1, -0.05) is 24.3 Å². The standard InChI is InChI=1S/C22H14F3N3O2/c1-26-16-7-3-13(4-8-16)20-21(14-5-9-17(30-2)10-6-14)28-18(27-20)11-15(12-19(28)29)22(23,24)25/h3-10,12H,11H2,2H3. The number of methoxy groups -OCH3 is 1. The first-order valence-electron chi connectivity index (χ1n) is 8.88. The number of hydrogen-bond acceptors (Lipinski definition) is 3. The number of halogens is 3. The molecule has 1 aromatic heterocycles. The quantitative estimate of drug-likeness (QED) is 0.540. The fourth-order valence-electron chi connectivity index (χ4n) is 3.35. The van der Waals surface area contributed by atoms with Crippen molar-refractivity contribution in [2.45, 2.75) is 12.6 Å². The maximum atomic E-state index is 13.2. The summed E-state index contributed by atoms with van der Waals surface area (Å²) < 4.78 is 46.1. The van der Waals surface area contributed by atoms with Crippen LogP contribution in [-0.2, 0) is 6.42 Å². The fourth-order valence-corrected chi connectivity index (χ4v) is 3.35. The average molecular weight is 409 g/mol. The van der Waals surface area contributed by atoms with Gasteiger partial charge in [0.25, 0.3) is 5.91 Å². The molecule has 2 heterocycles. The van der Waals surface area contributed by atoms with Crippen molar-refractivity contribution in [3.8, 4) is 28.3 Å². The van der Waals surface area contributed by atoms with Crippen LogP contribution in [0.25, 0.3) is 27.4 Å². The first-order chi connectivity index (χ1) is 14.3. The van der Waals surface area contributed by atoms with Gasteiger partial charge in [-0.05, 0) is 29.8 Å². The van der Waals surface area contributed by atoms with Crippen molar-refractivity contribution >= 4 is 11.6 Å². The number of allylic oxidation sites excluding steroid dienone is 2. The zero-order valence-electron chi connectivity index (χ0n) is 15.7. The third kappa shape index (κ3) is 3.35. The minimum Gasteiger partial charge on any atom is -0.497 e. The van der Waals surface area contributed by atoms with Gasteiger partial charge < -0.3 is 4.74 Å². The number of nitrogens with zero attached hydrogens (tertiary/aromatic N) is 3. The van der Waals surface area contributed by atoms with E-state index in [4.69, 9.17) is 11.3 Å². The summed E-state index contributed by atoms with van der Waals surface area (Å²) in [5.41, 5.74) is 1.46. The number of alkyl halides is 3. The number of carbonyl (C=O) groups is 1. The van der Waals surface area contributed by atoms with Crippen molar-refractivity contribution in [1.29, 1.82) is 0 Å². The Labute approximate surface area is 169 Å². The van der Waals surface area contributed by atoms with E-state index >= 15 is 0 Å². The van der Waals surface area contributed by atoms with E-state index in [9.17, 15) is 18.0 Å². The molecule has 0 saturated carbocycles. The molecule has 0 spiro atoms. The number of imidazole rings is 1. The monoisotopic (exact) mass is 409 g/mol. The molecule has 0 radical (unpaired) electrons. The van der Waals surface area contributed by atoms with Crippen molar-refractivity contribution in [3.63, 3.8) is 0 Å². The lowest BCUT2D eigenvalue weighted by atomic mass is 10.0. The van der Waals surface area contributed by atoms with Crippen molar-refractivity contribution in [2.75, 3.05) is 7.11 Å². The number of aromatic nitrogens is 2. The Kier molecular flexibility index (Phi) is 4.66. The smallest absolute Gasteiger partial charge is 0.413 e. The number of ether oxygens (including phenoxy) is 1. The lowest BCUT2D eigenvalue weighted by molar-refractivity contribution is -0.0937. The zero-order valence-corrected chi connectivity index (χ0v) is 15.7. The molecule has 5 nitrogen and oxygen atoms in total. The summed E-state index contributed by atoms with van der Waals surface area (Å²) in [5, 5.41) is 0. The molecule has 30 heavy (non-hydrogen) atoms. The number of carbonyl (C=O) groups excluding carboxylic acids is 1. The zero-order chi connectivity index (χ0) is 21.5. The highest BCUT2D eigenvalue weighted by Gasteiger charge is 2.39. The molecule has 2 aromatic carbocycles. The third-order valence-corrected chi connectivity index (χ3v) is 4.81. The van der Waals surface area contributed by atoms with E-state index in [-0.39, 0.29) is 5.82 Å². The SMILES string of the molecule is [C-]#[N+]c1ccc(-c2nc3n(c2-c2ccc(OC)cc2)C(=O)C=C(C(F)(F)F)C3)cc1. The molecule has 150 valence electrons. The van der Waals surface area contributed by atoms with E-state index in [1.807, 2.05) is 0 Å². The van der Waals surface area contributed by atoms with E-state index in [0.29, 0.717) is 40.0 Å². The van der Waals surface area contributed by atoms with Crippen molar-refractivity contribution in [1.82, 2.24) is 9.55 Å². The summed E-state index contributed by atoms with van der Waals surface area (Å²) in [6, 6.07) is 13.4. The molecule has 0 aliphatic carbocycles. The number of rotatable bonds is 3. The van der Waals surface area contributed by atoms with Gasteiger partial charge in [-0.25, -0.2) is 9.83 Å². The maximum Gasteiger partial charge on any atom is 0.413 e. The highest BCUT2D eigenvalue weighted by molar-refractivity contribution is 5.98. The largest absolute Gasteiger partial charge is 0.497 e. The Balaban J connectivity index is 1.92. The molecule has 0 bridgehead atoms. The van der Waals surface area contributed by atoms with Gasteiger partial charge in [0.2, 0.25) is 0 Å². The van der Waals surface area contributed by atoms with E-state index in [0.717, 1.165) is 0 Å². The molecular weight excluding hydrogens is 395 g/mol. The first-order valence-corrected chi connectivity index (χ1v) is 8.88. The van der Waals surface area contributed by atoms with Crippen LogP contribution in [0.2, 0.25) is 0 Å². The predicted octanol–water partition coefficient (Wildman–Crippen LogP) is 5.46. The second kappa shape index (κ2) is 7.19. The molecule has 0 unspecified atom stereocenters. The van der Waals surface area contributed by atoms with Crippen LogP contribution in [0, 0.1) is 6.57 Å². The molecular formula is C22H14F3N3O2. The van der Waals surface area contributed by atoms with E-state index in [1.165, 1.54) is 11.7 Å². The molecule has 3 aromatic rings. The highest BCUT2D eigenvalue weighted by atomic mass is 19.4. The van der Waals surface area contributed by atoms with Crippen LogP contribution in [0.1, 0.15) is 10.6 Å². The van der Waals surface area contributed by atoms with Crippen LogP contribution < -0.4 is 4.74 Å². The van der Waals surface area contributed by atoms with E-state index in [1.54, 1.807) is 48.5 Å². The maximum absolute atomic E-state index is 13.2. The summed E-state index contributed by atoms with van der Waals surface area (Å²) in [4.78, 5) is 20.4. The minimum atomic E-state index is -4.61. The lowest BCUT2D eigenvalue weighted by Crippen LogP contribution is -2.25.